The molecule has 2 aromatic carbocycles. The Kier molecular flexibility index (Phi) is 7.43. The molecule has 0 aliphatic carbocycles. The number of hydrogen-bond donors (Lipinski definition) is 0. The Balaban J connectivity index is 1.32. The quantitative estimate of drug-likeness (QED) is 0.369. The van der Waals surface area contributed by atoms with Crippen LogP contribution >= 0.6 is 0 Å². The van der Waals surface area contributed by atoms with E-state index in [4.69, 9.17) is 4.42 Å². The number of benzene rings is 2. The lowest BCUT2D eigenvalue weighted by Gasteiger charge is -2.44. The average Bonchev–Trinajstić information content (AvgIpc) is 3.36. The minimum absolute atomic E-state index is 0.340. The van der Waals surface area contributed by atoms with Crippen LogP contribution in [0.1, 0.15) is 30.5 Å². The van der Waals surface area contributed by atoms with Crippen molar-refractivity contribution in [2.24, 2.45) is 0 Å². The summed E-state index contributed by atoms with van der Waals surface area (Å²) in [6.45, 7) is 8.61. The number of methoxy groups -OCH3 is 1. The van der Waals surface area contributed by atoms with E-state index >= 15 is 0 Å². The van der Waals surface area contributed by atoms with Crippen LogP contribution in [-0.2, 0) is 22.6 Å². The van der Waals surface area contributed by atoms with Crippen molar-refractivity contribution in [3.63, 3.8) is 0 Å². The molecule has 5 nitrogen and oxygen atoms in total. The molecule has 1 aromatic heterocycles. The highest BCUT2D eigenvalue weighted by molar-refractivity contribution is 5.86. The zero-order chi connectivity index (χ0) is 23.2. The summed E-state index contributed by atoms with van der Waals surface area (Å²) in [6, 6.07) is 21.9. The van der Waals surface area contributed by atoms with Gasteiger partial charge in [-0.25, -0.2) is 4.79 Å². The van der Waals surface area contributed by atoms with Gasteiger partial charge in [-0.2, -0.15) is 0 Å². The highest BCUT2D eigenvalue weighted by Gasteiger charge is 2.29. The minimum atomic E-state index is -0.340. The number of esters is 1. The minimum Gasteiger partial charge on any atom is -0.466 e. The van der Waals surface area contributed by atoms with Crippen LogP contribution in [0.2, 0.25) is 0 Å². The second-order valence-electron chi connectivity index (χ2n) is 8.84. The Labute approximate surface area is 196 Å². The predicted molar refractivity (Wildman–Crippen MR) is 131 cm³/mol. The Morgan fingerprint density at radius 1 is 0.970 bits per heavy atom. The Morgan fingerprint density at radius 3 is 2.21 bits per heavy atom. The number of piperazine rings is 1. The summed E-state index contributed by atoms with van der Waals surface area (Å²) in [4.78, 5) is 16.4. The molecule has 172 valence electrons. The van der Waals surface area contributed by atoms with Crippen LogP contribution in [0.4, 0.5) is 0 Å². The SMILES string of the molecule is COC(=O)/C=C/c1ccc(CN2[C@H](C)CN(Cc3ccc(-c4ccco4)cc3)C[C@@H]2C)cc1. The number of nitrogens with zero attached hydrogens (tertiary/aromatic N) is 2. The maximum atomic E-state index is 11.3. The molecular formula is C28H32N2O3. The first-order valence-corrected chi connectivity index (χ1v) is 11.5. The lowest BCUT2D eigenvalue weighted by atomic mass is 10.0. The summed E-state index contributed by atoms with van der Waals surface area (Å²) in [5, 5.41) is 0. The van der Waals surface area contributed by atoms with Crippen LogP contribution in [0.3, 0.4) is 0 Å². The standard InChI is InChI=1S/C28H32N2O3/c1-21-17-29(19-24-10-13-26(14-11-24)27-5-4-16-33-27)18-22(2)30(21)20-25-8-6-23(7-9-25)12-15-28(31)32-3/h4-16,21-22H,17-20H2,1-3H3/b15-12+/t21-,22+. The highest BCUT2D eigenvalue weighted by atomic mass is 16.5. The van der Waals surface area contributed by atoms with Crippen molar-refractivity contribution in [1.29, 1.82) is 0 Å². The number of furan rings is 1. The van der Waals surface area contributed by atoms with E-state index in [0.29, 0.717) is 12.1 Å². The topological polar surface area (TPSA) is 45.9 Å². The van der Waals surface area contributed by atoms with E-state index in [0.717, 1.165) is 43.1 Å². The fraction of sp³-hybridized carbons (Fsp3) is 0.321. The molecule has 1 fully saturated rings. The predicted octanol–water partition coefficient (Wildman–Crippen LogP) is 5.23. The van der Waals surface area contributed by atoms with Gasteiger partial charge in [-0.1, -0.05) is 48.5 Å². The summed E-state index contributed by atoms with van der Waals surface area (Å²) in [6.07, 6.45) is 4.94. The van der Waals surface area contributed by atoms with Crippen molar-refractivity contribution < 1.29 is 13.9 Å². The summed E-state index contributed by atoms with van der Waals surface area (Å²) >= 11 is 0. The number of carbonyl (C=O) groups is 1. The van der Waals surface area contributed by atoms with Gasteiger partial charge in [0.05, 0.1) is 13.4 Å². The summed E-state index contributed by atoms with van der Waals surface area (Å²) in [5.41, 5.74) is 4.72. The third-order valence-electron chi connectivity index (χ3n) is 6.30. The van der Waals surface area contributed by atoms with E-state index in [1.165, 1.54) is 24.3 Å². The van der Waals surface area contributed by atoms with Gasteiger partial charge in [0.15, 0.2) is 0 Å². The van der Waals surface area contributed by atoms with E-state index in [-0.39, 0.29) is 5.97 Å². The molecule has 0 amide bonds. The summed E-state index contributed by atoms with van der Waals surface area (Å²) in [7, 11) is 1.38. The van der Waals surface area contributed by atoms with Gasteiger partial charge in [0.1, 0.15) is 5.76 Å². The molecule has 3 aromatic rings. The van der Waals surface area contributed by atoms with Crippen molar-refractivity contribution in [3.05, 3.63) is 89.7 Å². The van der Waals surface area contributed by atoms with Crippen molar-refractivity contribution >= 4 is 12.0 Å². The van der Waals surface area contributed by atoms with Gasteiger partial charge in [-0.3, -0.25) is 9.80 Å². The van der Waals surface area contributed by atoms with Gasteiger partial charge in [0.2, 0.25) is 0 Å². The van der Waals surface area contributed by atoms with E-state index in [9.17, 15) is 4.79 Å². The normalized spacial score (nSPS) is 19.7. The van der Waals surface area contributed by atoms with Crippen LogP contribution in [-0.4, -0.2) is 48.1 Å². The van der Waals surface area contributed by atoms with Gasteiger partial charge in [-0.05, 0) is 48.7 Å². The van der Waals surface area contributed by atoms with Gasteiger partial charge < -0.3 is 9.15 Å². The van der Waals surface area contributed by atoms with Crippen LogP contribution in [0.5, 0.6) is 0 Å². The fourth-order valence-corrected chi connectivity index (χ4v) is 4.56. The second kappa shape index (κ2) is 10.6. The monoisotopic (exact) mass is 444 g/mol. The van der Waals surface area contributed by atoms with Gasteiger partial charge in [0, 0.05) is 49.9 Å². The molecule has 0 radical (unpaired) electrons. The highest BCUT2D eigenvalue weighted by Crippen LogP contribution is 2.23. The molecule has 1 aliphatic heterocycles. The van der Waals surface area contributed by atoms with E-state index in [1.807, 2.05) is 24.3 Å². The van der Waals surface area contributed by atoms with Crippen LogP contribution in [0, 0.1) is 0 Å². The third-order valence-corrected chi connectivity index (χ3v) is 6.30. The maximum Gasteiger partial charge on any atom is 0.330 e. The van der Waals surface area contributed by atoms with Gasteiger partial charge in [0.25, 0.3) is 0 Å². The molecule has 0 unspecified atom stereocenters. The van der Waals surface area contributed by atoms with Gasteiger partial charge in [-0.15, -0.1) is 0 Å². The Bertz CT molecular complexity index is 1040. The molecule has 33 heavy (non-hydrogen) atoms. The summed E-state index contributed by atoms with van der Waals surface area (Å²) < 4.78 is 10.1. The van der Waals surface area contributed by atoms with Crippen molar-refractivity contribution in [2.75, 3.05) is 20.2 Å². The van der Waals surface area contributed by atoms with E-state index in [1.54, 1.807) is 12.3 Å². The first kappa shape index (κ1) is 23.0. The zero-order valence-electron chi connectivity index (χ0n) is 19.6. The molecule has 0 N–H and O–H groups in total. The third kappa shape index (κ3) is 6.01. The smallest absolute Gasteiger partial charge is 0.330 e. The number of hydrogen-bond acceptors (Lipinski definition) is 5. The van der Waals surface area contributed by atoms with Crippen LogP contribution in [0.15, 0.2) is 77.4 Å². The number of ether oxygens (including phenoxy) is 1. The summed E-state index contributed by atoms with van der Waals surface area (Å²) in [5.74, 6) is 0.568. The molecule has 1 saturated heterocycles. The van der Waals surface area contributed by atoms with Crippen LogP contribution in [0.25, 0.3) is 17.4 Å². The molecule has 0 bridgehead atoms. The molecule has 0 saturated carbocycles. The first-order chi connectivity index (χ1) is 16.0. The molecular weight excluding hydrogens is 412 g/mol. The van der Waals surface area contributed by atoms with Crippen LogP contribution < -0.4 is 0 Å². The largest absolute Gasteiger partial charge is 0.466 e. The van der Waals surface area contributed by atoms with Gasteiger partial charge >= 0.3 is 5.97 Å². The molecule has 0 spiro atoms. The lowest BCUT2D eigenvalue weighted by Crippen LogP contribution is -2.55. The van der Waals surface area contributed by atoms with E-state index < -0.39 is 0 Å². The fourth-order valence-electron chi connectivity index (χ4n) is 4.56. The van der Waals surface area contributed by atoms with Crippen molar-refractivity contribution in [1.82, 2.24) is 9.80 Å². The lowest BCUT2D eigenvalue weighted by molar-refractivity contribution is -0.134. The molecule has 1 aliphatic rings. The van der Waals surface area contributed by atoms with E-state index in [2.05, 4.69) is 64.8 Å². The number of rotatable bonds is 7. The molecule has 4 rings (SSSR count). The molecule has 5 heteroatoms. The maximum absolute atomic E-state index is 11.3. The number of carbonyl (C=O) groups excluding carboxylic acids is 1. The second-order valence-corrected chi connectivity index (χ2v) is 8.84. The zero-order valence-corrected chi connectivity index (χ0v) is 19.6. The average molecular weight is 445 g/mol. The van der Waals surface area contributed by atoms with Crippen molar-refractivity contribution in [2.45, 2.75) is 39.0 Å². The first-order valence-electron chi connectivity index (χ1n) is 11.5. The Hall–Kier alpha value is -3.15. The molecule has 2 atom stereocenters. The Morgan fingerprint density at radius 2 is 1.61 bits per heavy atom. The molecule has 2 heterocycles. The van der Waals surface area contributed by atoms with Crippen molar-refractivity contribution in [3.8, 4) is 11.3 Å².